The van der Waals surface area contributed by atoms with Crippen LogP contribution < -0.4 is 11.1 Å². The number of nitrogen functional groups attached to an aromatic ring is 1. The highest BCUT2D eigenvalue weighted by Crippen LogP contribution is 2.29. The Balaban J connectivity index is 1.99. The van der Waals surface area contributed by atoms with Gasteiger partial charge in [0.25, 0.3) is 0 Å². The van der Waals surface area contributed by atoms with Crippen molar-refractivity contribution in [2.24, 2.45) is 0 Å². The van der Waals surface area contributed by atoms with Crippen molar-refractivity contribution in [2.45, 2.75) is 44.7 Å². The van der Waals surface area contributed by atoms with Gasteiger partial charge in [0.1, 0.15) is 0 Å². The highest BCUT2D eigenvalue weighted by molar-refractivity contribution is 9.10. The lowest BCUT2D eigenvalue weighted by Gasteiger charge is -2.25. The van der Waals surface area contributed by atoms with Crippen molar-refractivity contribution in [3.63, 3.8) is 0 Å². The van der Waals surface area contributed by atoms with Crippen molar-refractivity contribution >= 4 is 21.6 Å². The van der Waals surface area contributed by atoms with E-state index < -0.39 is 0 Å². The summed E-state index contributed by atoms with van der Waals surface area (Å²) < 4.78 is 1.04. The molecule has 16 heavy (non-hydrogen) atoms. The fourth-order valence-electron chi connectivity index (χ4n) is 2.37. The summed E-state index contributed by atoms with van der Waals surface area (Å²) in [4.78, 5) is 0. The minimum atomic E-state index is 0.319. The molecule has 0 amide bonds. The molecular weight excluding hydrogens is 264 g/mol. The zero-order valence-corrected chi connectivity index (χ0v) is 11.3. The molecule has 3 heteroatoms. The number of benzene rings is 1. The van der Waals surface area contributed by atoms with Gasteiger partial charge in [-0.2, -0.15) is 0 Å². The molecule has 0 atom stereocenters. The van der Waals surface area contributed by atoms with Gasteiger partial charge in [0.2, 0.25) is 0 Å². The fourth-order valence-corrected chi connectivity index (χ4v) is 2.75. The normalized spacial score (nSPS) is 18.9. The van der Waals surface area contributed by atoms with E-state index in [9.17, 15) is 0 Å². The molecule has 0 aliphatic heterocycles. The molecular formula is C13H19BrN2. The zero-order chi connectivity index (χ0) is 11.6. The van der Waals surface area contributed by atoms with E-state index in [4.69, 9.17) is 5.73 Å². The van der Waals surface area contributed by atoms with E-state index in [0.717, 1.165) is 16.7 Å². The van der Waals surface area contributed by atoms with Crippen LogP contribution in [-0.4, -0.2) is 5.54 Å². The molecule has 0 radical (unpaired) electrons. The van der Waals surface area contributed by atoms with Crippen molar-refractivity contribution < 1.29 is 0 Å². The van der Waals surface area contributed by atoms with Gasteiger partial charge in [-0.1, -0.05) is 34.8 Å². The molecule has 0 unspecified atom stereocenters. The molecule has 0 heterocycles. The third-order valence-electron chi connectivity index (χ3n) is 3.52. The van der Waals surface area contributed by atoms with Crippen LogP contribution >= 0.6 is 15.9 Å². The van der Waals surface area contributed by atoms with Crippen molar-refractivity contribution in [3.8, 4) is 0 Å². The summed E-state index contributed by atoms with van der Waals surface area (Å²) in [7, 11) is 0. The predicted molar refractivity (Wildman–Crippen MR) is 72.3 cm³/mol. The Labute approximate surface area is 106 Å². The average molecular weight is 283 g/mol. The summed E-state index contributed by atoms with van der Waals surface area (Å²) in [5.41, 5.74) is 8.35. The van der Waals surface area contributed by atoms with Gasteiger partial charge in [0, 0.05) is 22.2 Å². The first-order valence-electron chi connectivity index (χ1n) is 5.88. The predicted octanol–water partition coefficient (Wildman–Crippen LogP) is 3.45. The van der Waals surface area contributed by atoms with Crippen LogP contribution in [0.1, 0.15) is 38.2 Å². The summed E-state index contributed by atoms with van der Waals surface area (Å²) in [5, 5.41) is 3.64. The van der Waals surface area contributed by atoms with Crippen LogP contribution in [0.5, 0.6) is 0 Å². The van der Waals surface area contributed by atoms with Crippen molar-refractivity contribution in [1.82, 2.24) is 5.32 Å². The lowest BCUT2D eigenvalue weighted by molar-refractivity contribution is 0.363. The Bertz CT molecular complexity index is 370. The molecule has 1 fully saturated rings. The molecule has 3 N–H and O–H groups in total. The average Bonchev–Trinajstić information content (AvgIpc) is 2.64. The number of hydrogen-bond donors (Lipinski definition) is 2. The van der Waals surface area contributed by atoms with Gasteiger partial charge in [-0.3, -0.25) is 0 Å². The quantitative estimate of drug-likeness (QED) is 0.834. The van der Waals surface area contributed by atoms with E-state index in [1.165, 1.54) is 31.2 Å². The van der Waals surface area contributed by atoms with E-state index in [1.807, 2.05) is 12.1 Å². The summed E-state index contributed by atoms with van der Waals surface area (Å²) >= 11 is 3.42. The van der Waals surface area contributed by atoms with Crippen molar-refractivity contribution in [2.75, 3.05) is 5.73 Å². The first kappa shape index (κ1) is 11.9. The van der Waals surface area contributed by atoms with Gasteiger partial charge in [0.05, 0.1) is 0 Å². The molecule has 1 aliphatic rings. The SMILES string of the molecule is CC1(NCc2ccc(Br)cc2N)CCCC1. The van der Waals surface area contributed by atoms with E-state index in [2.05, 4.69) is 34.2 Å². The van der Waals surface area contributed by atoms with E-state index >= 15 is 0 Å². The largest absolute Gasteiger partial charge is 0.398 e. The van der Waals surface area contributed by atoms with Crippen LogP contribution in [0.15, 0.2) is 22.7 Å². The smallest absolute Gasteiger partial charge is 0.0370 e. The summed E-state index contributed by atoms with van der Waals surface area (Å²) in [6, 6.07) is 6.10. The van der Waals surface area contributed by atoms with Crippen LogP contribution in [-0.2, 0) is 6.54 Å². The van der Waals surface area contributed by atoms with Gasteiger partial charge in [-0.25, -0.2) is 0 Å². The molecule has 1 aromatic rings. The minimum Gasteiger partial charge on any atom is -0.398 e. The second kappa shape index (κ2) is 4.76. The second-order valence-electron chi connectivity index (χ2n) is 4.96. The molecule has 0 aromatic heterocycles. The Kier molecular flexibility index (Phi) is 3.55. The first-order valence-corrected chi connectivity index (χ1v) is 6.67. The topological polar surface area (TPSA) is 38.0 Å². The molecule has 2 nitrogen and oxygen atoms in total. The van der Waals surface area contributed by atoms with Gasteiger partial charge in [-0.05, 0) is 37.5 Å². The number of hydrogen-bond acceptors (Lipinski definition) is 2. The van der Waals surface area contributed by atoms with Gasteiger partial charge in [0.15, 0.2) is 0 Å². The number of nitrogens with two attached hydrogens (primary N) is 1. The fraction of sp³-hybridized carbons (Fsp3) is 0.538. The Morgan fingerprint density at radius 2 is 2.06 bits per heavy atom. The highest BCUT2D eigenvalue weighted by Gasteiger charge is 2.27. The van der Waals surface area contributed by atoms with Gasteiger partial charge < -0.3 is 11.1 Å². The maximum Gasteiger partial charge on any atom is 0.0370 e. The number of nitrogens with one attached hydrogen (secondary N) is 1. The van der Waals surface area contributed by atoms with Crippen molar-refractivity contribution in [1.29, 1.82) is 0 Å². The number of rotatable bonds is 3. The third kappa shape index (κ3) is 2.77. The van der Waals surface area contributed by atoms with Gasteiger partial charge in [-0.15, -0.1) is 0 Å². The van der Waals surface area contributed by atoms with Crippen LogP contribution in [0.25, 0.3) is 0 Å². The number of anilines is 1. The Morgan fingerprint density at radius 3 is 2.69 bits per heavy atom. The maximum atomic E-state index is 5.98. The minimum absolute atomic E-state index is 0.319. The standard InChI is InChI=1S/C13H19BrN2/c1-13(6-2-3-7-13)16-9-10-4-5-11(14)8-12(10)15/h4-5,8,16H,2-3,6-7,9,15H2,1H3. The lowest BCUT2D eigenvalue weighted by atomic mass is 10.00. The molecule has 2 rings (SSSR count). The van der Waals surface area contributed by atoms with Crippen molar-refractivity contribution in [3.05, 3.63) is 28.2 Å². The molecule has 0 saturated heterocycles. The number of halogens is 1. The van der Waals surface area contributed by atoms with Crippen LogP contribution in [0.3, 0.4) is 0 Å². The third-order valence-corrected chi connectivity index (χ3v) is 4.01. The molecule has 0 bridgehead atoms. The van der Waals surface area contributed by atoms with E-state index in [0.29, 0.717) is 5.54 Å². The summed E-state index contributed by atoms with van der Waals surface area (Å²) in [6.07, 6.45) is 5.26. The molecule has 0 spiro atoms. The lowest BCUT2D eigenvalue weighted by Crippen LogP contribution is -2.38. The van der Waals surface area contributed by atoms with Crippen LogP contribution in [0.2, 0.25) is 0 Å². The second-order valence-corrected chi connectivity index (χ2v) is 5.88. The molecule has 1 aliphatic carbocycles. The molecule has 88 valence electrons. The Morgan fingerprint density at radius 1 is 1.38 bits per heavy atom. The molecule has 1 aromatic carbocycles. The summed E-state index contributed by atoms with van der Waals surface area (Å²) in [5.74, 6) is 0. The summed E-state index contributed by atoms with van der Waals surface area (Å²) in [6.45, 7) is 3.19. The van der Waals surface area contributed by atoms with Gasteiger partial charge >= 0.3 is 0 Å². The van der Waals surface area contributed by atoms with E-state index in [-0.39, 0.29) is 0 Å². The molecule has 1 saturated carbocycles. The van der Waals surface area contributed by atoms with Crippen LogP contribution in [0, 0.1) is 0 Å². The van der Waals surface area contributed by atoms with Crippen LogP contribution in [0.4, 0.5) is 5.69 Å². The maximum absolute atomic E-state index is 5.98. The highest BCUT2D eigenvalue weighted by atomic mass is 79.9. The zero-order valence-electron chi connectivity index (χ0n) is 9.72. The first-order chi connectivity index (χ1) is 7.59. The Hall–Kier alpha value is -0.540. The van der Waals surface area contributed by atoms with E-state index in [1.54, 1.807) is 0 Å². The monoisotopic (exact) mass is 282 g/mol.